The van der Waals surface area contributed by atoms with Crippen LogP contribution in [0.3, 0.4) is 0 Å². The van der Waals surface area contributed by atoms with E-state index in [1.165, 1.54) is 24.3 Å². The van der Waals surface area contributed by atoms with Crippen LogP contribution < -0.4 is 10.0 Å². The number of carbonyl (C=O) groups excluding carboxylic acids is 1. The van der Waals surface area contributed by atoms with E-state index in [-0.39, 0.29) is 16.3 Å². The smallest absolute Gasteiger partial charge is 0.412 e. The van der Waals surface area contributed by atoms with E-state index < -0.39 is 27.5 Å². The van der Waals surface area contributed by atoms with Gasteiger partial charge in [-0.3, -0.25) is 10.0 Å². The van der Waals surface area contributed by atoms with Gasteiger partial charge in [-0.2, -0.15) is 0 Å². The van der Waals surface area contributed by atoms with E-state index in [1.807, 2.05) is 6.92 Å². The molecular formula is C18H21FN2O4S. The van der Waals surface area contributed by atoms with Gasteiger partial charge >= 0.3 is 6.09 Å². The third kappa shape index (κ3) is 5.45. The summed E-state index contributed by atoms with van der Waals surface area (Å²) in [5, 5.41) is 2.44. The fourth-order valence-electron chi connectivity index (χ4n) is 2.02. The van der Waals surface area contributed by atoms with Gasteiger partial charge in [-0.05, 0) is 58.0 Å². The van der Waals surface area contributed by atoms with Gasteiger partial charge in [0.25, 0.3) is 10.0 Å². The molecule has 2 rings (SSSR count). The first-order valence-corrected chi connectivity index (χ1v) is 9.34. The van der Waals surface area contributed by atoms with E-state index in [0.29, 0.717) is 0 Å². The lowest BCUT2D eigenvalue weighted by Gasteiger charge is -2.20. The minimum atomic E-state index is -3.96. The van der Waals surface area contributed by atoms with Gasteiger partial charge in [-0.15, -0.1) is 0 Å². The highest BCUT2D eigenvalue weighted by Crippen LogP contribution is 2.23. The van der Waals surface area contributed by atoms with Crippen molar-refractivity contribution in [2.45, 2.75) is 38.2 Å². The lowest BCUT2D eigenvalue weighted by Crippen LogP contribution is -2.27. The number of benzene rings is 2. The molecule has 0 aromatic heterocycles. The first kappa shape index (κ1) is 19.7. The maximum Gasteiger partial charge on any atom is 0.412 e. The van der Waals surface area contributed by atoms with E-state index in [4.69, 9.17) is 4.74 Å². The van der Waals surface area contributed by atoms with E-state index in [9.17, 15) is 17.6 Å². The Morgan fingerprint density at radius 1 is 1.08 bits per heavy atom. The quantitative estimate of drug-likeness (QED) is 0.829. The number of carbonyl (C=O) groups is 1. The Hall–Kier alpha value is -2.61. The molecule has 0 saturated carbocycles. The fraction of sp³-hybridized carbons (Fsp3) is 0.278. The van der Waals surface area contributed by atoms with Crippen LogP contribution in [0.2, 0.25) is 0 Å². The summed E-state index contributed by atoms with van der Waals surface area (Å²) in [5.74, 6) is -0.768. The average Bonchev–Trinajstić information content (AvgIpc) is 2.49. The molecule has 8 heteroatoms. The second-order valence-corrected chi connectivity index (χ2v) is 8.42. The zero-order chi connectivity index (χ0) is 19.5. The number of sulfonamides is 1. The summed E-state index contributed by atoms with van der Waals surface area (Å²) in [6.45, 7) is 6.95. The van der Waals surface area contributed by atoms with Gasteiger partial charge in [0, 0.05) is 5.69 Å². The van der Waals surface area contributed by atoms with Crippen LogP contribution in [0.25, 0.3) is 0 Å². The van der Waals surface area contributed by atoms with Crippen LogP contribution in [-0.4, -0.2) is 20.1 Å². The Morgan fingerprint density at radius 2 is 1.69 bits per heavy atom. The molecule has 0 aliphatic rings. The Kier molecular flexibility index (Phi) is 5.56. The number of hydrogen-bond acceptors (Lipinski definition) is 4. The predicted octanol–water partition coefficient (Wildman–Crippen LogP) is 4.28. The van der Waals surface area contributed by atoms with Crippen LogP contribution in [0.15, 0.2) is 47.4 Å². The molecule has 0 saturated heterocycles. The molecule has 2 aromatic carbocycles. The maximum absolute atomic E-state index is 14.0. The molecule has 1 amide bonds. The molecule has 0 bridgehead atoms. The Bertz CT molecular complexity index is 904. The summed E-state index contributed by atoms with van der Waals surface area (Å²) in [6.07, 6.45) is -0.726. The molecule has 0 fully saturated rings. The van der Waals surface area contributed by atoms with E-state index >= 15 is 0 Å². The zero-order valence-electron chi connectivity index (χ0n) is 15.0. The summed E-state index contributed by atoms with van der Waals surface area (Å²) in [5.41, 5.74) is 0.125. The van der Waals surface area contributed by atoms with Crippen LogP contribution in [0.1, 0.15) is 26.3 Å². The second-order valence-electron chi connectivity index (χ2n) is 6.74. The summed E-state index contributed by atoms with van der Waals surface area (Å²) < 4.78 is 46.1. The van der Waals surface area contributed by atoms with Gasteiger partial charge < -0.3 is 4.74 Å². The monoisotopic (exact) mass is 380 g/mol. The Balaban J connectivity index is 2.22. The first-order chi connectivity index (χ1) is 12.0. The first-order valence-electron chi connectivity index (χ1n) is 7.85. The summed E-state index contributed by atoms with van der Waals surface area (Å²) in [6, 6.07) is 9.70. The van der Waals surface area contributed by atoms with Gasteiger partial charge in [-0.1, -0.05) is 17.7 Å². The third-order valence-corrected chi connectivity index (χ3v) is 4.57. The molecule has 0 atom stereocenters. The van der Waals surface area contributed by atoms with Gasteiger partial charge in [-0.25, -0.2) is 17.6 Å². The summed E-state index contributed by atoms with van der Waals surface area (Å²) >= 11 is 0. The van der Waals surface area contributed by atoms with Crippen molar-refractivity contribution >= 4 is 27.5 Å². The number of hydrogen-bond donors (Lipinski definition) is 2. The molecular weight excluding hydrogens is 359 g/mol. The number of anilines is 2. The number of aryl methyl sites for hydroxylation is 1. The lowest BCUT2D eigenvalue weighted by atomic mass is 10.2. The third-order valence-electron chi connectivity index (χ3n) is 3.19. The highest BCUT2D eigenvalue weighted by Gasteiger charge is 2.19. The molecule has 0 heterocycles. The zero-order valence-corrected chi connectivity index (χ0v) is 15.8. The van der Waals surface area contributed by atoms with Crippen molar-refractivity contribution in [3.63, 3.8) is 0 Å². The largest absolute Gasteiger partial charge is 0.444 e. The van der Waals surface area contributed by atoms with Crippen molar-refractivity contribution in [1.82, 2.24) is 0 Å². The number of ether oxygens (including phenoxy) is 1. The minimum Gasteiger partial charge on any atom is -0.444 e. The maximum atomic E-state index is 14.0. The van der Waals surface area contributed by atoms with Gasteiger partial charge in [0.2, 0.25) is 0 Å². The molecule has 2 aromatic rings. The van der Waals surface area contributed by atoms with Crippen LogP contribution in [0.5, 0.6) is 0 Å². The second kappa shape index (κ2) is 7.33. The molecule has 0 spiro atoms. The van der Waals surface area contributed by atoms with E-state index in [2.05, 4.69) is 10.0 Å². The predicted molar refractivity (Wildman–Crippen MR) is 98.2 cm³/mol. The number of rotatable bonds is 4. The average molecular weight is 380 g/mol. The highest BCUT2D eigenvalue weighted by atomic mass is 32.2. The van der Waals surface area contributed by atoms with Gasteiger partial charge in [0.15, 0.2) is 0 Å². The topological polar surface area (TPSA) is 84.5 Å². The van der Waals surface area contributed by atoms with Crippen molar-refractivity contribution in [2.75, 3.05) is 10.0 Å². The molecule has 26 heavy (non-hydrogen) atoms. The SMILES string of the molecule is Cc1ccc(S(=O)(=O)Nc2cc(NC(=O)OC(C)(C)C)ccc2F)cc1. The van der Waals surface area contributed by atoms with Crippen molar-refractivity contribution in [3.8, 4) is 0 Å². The molecule has 0 unspecified atom stereocenters. The van der Waals surface area contributed by atoms with Crippen molar-refractivity contribution < 1.29 is 22.3 Å². The Labute approximate surface area is 152 Å². The van der Waals surface area contributed by atoms with Crippen LogP contribution in [0.4, 0.5) is 20.6 Å². The Morgan fingerprint density at radius 3 is 2.27 bits per heavy atom. The fourth-order valence-corrected chi connectivity index (χ4v) is 3.08. The van der Waals surface area contributed by atoms with E-state index in [1.54, 1.807) is 32.9 Å². The molecule has 2 N–H and O–H groups in total. The molecule has 0 aliphatic carbocycles. The highest BCUT2D eigenvalue weighted by molar-refractivity contribution is 7.92. The number of amides is 1. The molecule has 140 valence electrons. The number of halogens is 1. The normalized spacial score (nSPS) is 11.7. The van der Waals surface area contributed by atoms with Crippen molar-refractivity contribution in [2.24, 2.45) is 0 Å². The van der Waals surface area contributed by atoms with Gasteiger partial charge in [0.05, 0.1) is 10.6 Å². The van der Waals surface area contributed by atoms with Gasteiger partial charge in [0.1, 0.15) is 11.4 Å². The van der Waals surface area contributed by atoms with Crippen molar-refractivity contribution in [3.05, 3.63) is 53.8 Å². The molecule has 0 radical (unpaired) electrons. The molecule has 0 aliphatic heterocycles. The summed E-state index contributed by atoms with van der Waals surface area (Å²) in [4.78, 5) is 11.8. The molecule has 6 nitrogen and oxygen atoms in total. The lowest BCUT2D eigenvalue weighted by molar-refractivity contribution is 0.0636. The van der Waals surface area contributed by atoms with E-state index in [0.717, 1.165) is 11.6 Å². The summed E-state index contributed by atoms with van der Waals surface area (Å²) in [7, 11) is -3.96. The van der Waals surface area contributed by atoms with Crippen LogP contribution in [-0.2, 0) is 14.8 Å². The van der Waals surface area contributed by atoms with Crippen molar-refractivity contribution in [1.29, 1.82) is 0 Å². The van der Waals surface area contributed by atoms with Crippen LogP contribution >= 0.6 is 0 Å². The van der Waals surface area contributed by atoms with Crippen LogP contribution in [0, 0.1) is 12.7 Å². The minimum absolute atomic E-state index is 0.00741. The number of nitrogens with one attached hydrogen (secondary N) is 2. The standard InChI is InChI=1S/C18H21FN2O4S/c1-12-5-8-14(9-6-12)26(23,24)21-16-11-13(7-10-15(16)19)20-17(22)25-18(2,3)4/h5-11,21H,1-4H3,(H,20,22).